The zero-order valence-electron chi connectivity index (χ0n) is 7.98. The molecule has 0 unspecified atom stereocenters. The van der Waals surface area contributed by atoms with Crippen molar-refractivity contribution in [3.63, 3.8) is 0 Å². The topological polar surface area (TPSA) is 60.9 Å². The standard InChI is InChI=1S/C10H10ClN3O/c11-9-7-3-1-2-4-8(7)10(15)14(13-9)6-5-12/h1-4H,5-6,12H2. The Kier molecular flexibility index (Phi) is 2.70. The summed E-state index contributed by atoms with van der Waals surface area (Å²) in [4.78, 5) is 11.9. The minimum Gasteiger partial charge on any atom is -0.329 e. The number of hydrogen-bond donors (Lipinski definition) is 1. The van der Waals surface area contributed by atoms with Crippen molar-refractivity contribution < 1.29 is 0 Å². The van der Waals surface area contributed by atoms with Crippen LogP contribution in [0.5, 0.6) is 0 Å². The first kappa shape index (κ1) is 10.1. The zero-order valence-corrected chi connectivity index (χ0v) is 8.74. The van der Waals surface area contributed by atoms with Crippen LogP contribution in [0.2, 0.25) is 5.15 Å². The molecule has 0 aliphatic rings. The van der Waals surface area contributed by atoms with Crippen molar-refractivity contribution in [2.45, 2.75) is 6.54 Å². The number of rotatable bonds is 2. The molecule has 0 fully saturated rings. The molecule has 0 saturated carbocycles. The number of nitrogens with two attached hydrogens (primary N) is 1. The van der Waals surface area contributed by atoms with Gasteiger partial charge < -0.3 is 5.73 Å². The van der Waals surface area contributed by atoms with Gasteiger partial charge in [-0.2, -0.15) is 5.10 Å². The second kappa shape index (κ2) is 4.00. The molecule has 0 aliphatic heterocycles. The fraction of sp³-hybridized carbons (Fsp3) is 0.200. The van der Waals surface area contributed by atoms with E-state index in [1.807, 2.05) is 6.07 Å². The molecule has 2 N–H and O–H groups in total. The average Bonchev–Trinajstić information content (AvgIpc) is 2.26. The largest absolute Gasteiger partial charge is 0.329 e. The molecule has 4 nitrogen and oxygen atoms in total. The van der Waals surface area contributed by atoms with Crippen molar-refractivity contribution in [1.82, 2.24) is 9.78 Å². The summed E-state index contributed by atoms with van der Waals surface area (Å²) < 4.78 is 1.30. The van der Waals surface area contributed by atoms with Crippen LogP contribution in [0.3, 0.4) is 0 Å². The highest BCUT2D eigenvalue weighted by Gasteiger charge is 2.07. The average molecular weight is 224 g/mol. The fourth-order valence-electron chi connectivity index (χ4n) is 1.47. The summed E-state index contributed by atoms with van der Waals surface area (Å²) in [5.41, 5.74) is 5.23. The maximum atomic E-state index is 11.9. The van der Waals surface area contributed by atoms with Gasteiger partial charge in [0.2, 0.25) is 0 Å². The fourth-order valence-corrected chi connectivity index (χ4v) is 1.72. The molecule has 0 spiro atoms. The Morgan fingerprint density at radius 2 is 2.00 bits per heavy atom. The van der Waals surface area contributed by atoms with Crippen LogP contribution in [-0.4, -0.2) is 16.3 Å². The van der Waals surface area contributed by atoms with E-state index in [4.69, 9.17) is 17.3 Å². The number of nitrogens with zero attached hydrogens (tertiary/aromatic N) is 2. The van der Waals surface area contributed by atoms with Gasteiger partial charge in [-0.1, -0.05) is 29.8 Å². The van der Waals surface area contributed by atoms with E-state index >= 15 is 0 Å². The van der Waals surface area contributed by atoms with E-state index in [1.54, 1.807) is 18.2 Å². The summed E-state index contributed by atoms with van der Waals surface area (Å²) in [5, 5.41) is 5.57. The van der Waals surface area contributed by atoms with E-state index in [0.717, 1.165) is 0 Å². The third-order valence-corrected chi connectivity index (χ3v) is 2.44. The smallest absolute Gasteiger partial charge is 0.274 e. The minimum absolute atomic E-state index is 0.152. The Balaban J connectivity index is 2.79. The van der Waals surface area contributed by atoms with Crippen LogP contribution in [0.25, 0.3) is 10.8 Å². The molecule has 0 atom stereocenters. The van der Waals surface area contributed by atoms with E-state index in [1.165, 1.54) is 4.68 Å². The molecular weight excluding hydrogens is 214 g/mol. The van der Waals surface area contributed by atoms with Crippen molar-refractivity contribution in [3.05, 3.63) is 39.8 Å². The molecule has 0 amide bonds. The van der Waals surface area contributed by atoms with Gasteiger partial charge >= 0.3 is 0 Å². The highest BCUT2D eigenvalue weighted by atomic mass is 35.5. The lowest BCUT2D eigenvalue weighted by Crippen LogP contribution is -2.26. The first-order valence-corrected chi connectivity index (χ1v) is 4.97. The molecule has 0 saturated heterocycles. The molecule has 0 radical (unpaired) electrons. The predicted octanol–water partition coefficient (Wildman–Crippen LogP) is 1.01. The summed E-state index contributed by atoms with van der Waals surface area (Å²) >= 11 is 5.96. The molecule has 1 aromatic carbocycles. The molecule has 2 rings (SSSR count). The first-order valence-electron chi connectivity index (χ1n) is 4.59. The third kappa shape index (κ3) is 1.73. The number of halogens is 1. The summed E-state index contributed by atoms with van der Waals surface area (Å²) in [7, 11) is 0. The summed E-state index contributed by atoms with van der Waals surface area (Å²) in [5.74, 6) is 0. The molecule has 0 aliphatic carbocycles. The van der Waals surface area contributed by atoms with E-state index < -0.39 is 0 Å². The van der Waals surface area contributed by atoms with Gasteiger partial charge in [0.15, 0.2) is 5.15 Å². The summed E-state index contributed by atoms with van der Waals surface area (Å²) in [6.45, 7) is 0.741. The quantitative estimate of drug-likeness (QED) is 0.827. The van der Waals surface area contributed by atoms with Crippen LogP contribution in [0, 0.1) is 0 Å². The van der Waals surface area contributed by atoms with Gasteiger partial charge in [-0.15, -0.1) is 0 Å². The molecule has 2 aromatic rings. The van der Waals surface area contributed by atoms with Crippen molar-refractivity contribution >= 4 is 22.4 Å². The Bertz CT molecular complexity index is 550. The molecule has 1 aromatic heterocycles. The number of benzene rings is 1. The normalized spacial score (nSPS) is 10.8. The first-order chi connectivity index (χ1) is 7.24. The lowest BCUT2D eigenvalue weighted by molar-refractivity contribution is 0.594. The van der Waals surface area contributed by atoms with Gasteiger partial charge in [0.25, 0.3) is 5.56 Å². The van der Waals surface area contributed by atoms with Gasteiger partial charge in [-0.25, -0.2) is 4.68 Å². The monoisotopic (exact) mass is 223 g/mol. The van der Waals surface area contributed by atoms with E-state index in [2.05, 4.69) is 5.10 Å². The Labute approximate surface area is 91.3 Å². The van der Waals surface area contributed by atoms with Gasteiger partial charge in [-0.3, -0.25) is 4.79 Å². The second-order valence-electron chi connectivity index (χ2n) is 3.15. The minimum atomic E-state index is -0.152. The number of aromatic nitrogens is 2. The number of fused-ring (bicyclic) bond motifs is 1. The van der Waals surface area contributed by atoms with Crippen molar-refractivity contribution in [3.8, 4) is 0 Å². The van der Waals surface area contributed by atoms with Crippen molar-refractivity contribution in [1.29, 1.82) is 0 Å². The maximum Gasteiger partial charge on any atom is 0.274 e. The summed E-state index contributed by atoms with van der Waals surface area (Å²) in [6.07, 6.45) is 0. The van der Waals surface area contributed by atoms with E-state index in [9.17, 15) is 4.79 Å². The van der Waals surface area contributed by atoms with Crippen LogP contribution in [0.1, 0.15) is 0 Å². The highest BCUT2D eigenvalue weighted by Crippen LogP contribution is 2.16. The third-order valence-electron chi connectivity index (χ3n) is 2.16. The van der Waals surface area contributed by atoms with Crippen LogP contribution in [-0.2, 0) is 6.54 Å². The zero-order chi connectivity index (χ0) is 10.8. The Morgan fingerprint density at radius 1 is 1.33 bits per heavy atom. The highest BCUT2D eigenvalue weighted by molar-refractivity contribution is 6.34. The maximum absolute atomic E-state index is 11.9. The molecule has 15 heavy (non-hydrogen) atoms. The van der Waals surface area contributed by atoms with Crippen LogP contribution >= 0.6 is 11.6 Å². The van der Waals surface area contributed by atoms with Crippen molar-refractivity contribution in [2.24, 2.45) is 5.73 Å². The lowest BCUT2D eigenvalue weighted by Gasteiger charge is -2.05. The molecule has 0 bridgehead atoms. The molecular formula is C10H10ClN3O. The van der Waals surface area contributed by atoms with Gasteiger partial charge in [0.05, 0.1) is 11.9 Å². The van der Waals surface area contributed by atoms with Gasteiger partial charge in [0.1, 0.15) is 0 Å². The van der Waals surface area contributed by atoms with Gasteiger partial charge in [0, 0.05) is 11.9 Å². The van der Waals surface area contributed by atoms with Crippen LogP contribution in [0.4, 0.5) is 0 Å². The van der Waals surface area contributed by atoms with E-state index in [0.29, 0.717) is 29.0 Å². The van der Waals surface area contributed by atoms with Gasteiger partial charge in [-0.05, 0) is 6.07 Å². The lowest BCUT2D eigenvalue weighted by atomic mass is 10.2. The number of hydrogen-bond acceptors (Lipinski definition) is 3. The SMILES string of the molecule is NCCn1nc(Cl)c2ccccc2c1=O. The van der Waals surface area contributed by atoms with Crippen LogP contribution in [0.15, 0.2) is 29.1 Å². The van der Waals surface area contributed by atoms with Crippen LogP contribution < -0.4 is 11.3 Å². The predicted molar refractivity (Wildman–Crippen MR) is 60.1 cm³/mol. The van der Waals surface area contributed by atoms with Crippen molar-refractivity contribution in [2.75, 3.05) is 6.54 Å². The Hall–Kier alpha value is -1.39. The molecule has 1 heterocycles. The second-order valence-corrected chi connectivity index (χ2v) is 3.51. The molecule has 78 valence electrons. The van der Waals surface area contributed by atoms with E-state index in [-0.39, 0.29) is 5.56 Å². The summed E-state index contributed by atoms with van der Waals surface area (Å²) in [6, 6.07) is 7.13. The Morgan fingerprint density at radius 3 is 2.67 bits per heavy atom. The molecule has 5 heteroatoms.